The summed E-state index contributed by atoms with van der Waals surface area (Å²) in [5.41, 5.74) is 2.14. The van der Waals surface area contributed by atoms with Gasteiger partial charge in [-0.05, 0) is 12.5 Å². The molecule has 0 atom stereocenters. The standard InChI is InChI=1S/C10H7NS/c1-3-8-6-12-9-5-11-4-7(2)10(8)9/h1,4-6H,2H3. The van der Waals surface area contributed by atoms with Gasteiger partial charge in [-0.3, -0.25) is 4.98 Å². The van der Waals surface area contributed by atoms with Crippen molar-refractivity contribution in [1.82, 2.24) is 4.98 Å². The number of thiophene rings is 1. The number of rotatable bonds is 0. The zero-order valence-corrected chi connectivity index (χ0v) is 7.48. The molecule has 0 amide bonds. The highest BCUT2D eigenvalue weighted by atomic mass is 32.1. The third kappa shape index (κ3) is 0.910. The maximum absolute atomic E-state index is 5.37. The van der Waals surface area contributed by atoms with E-state index in [0.717, 1.165) is 11.1 Å². The summed E-state index contributed by atoms with van der Waals surface area (Å²) in [7, 11) is 0. The second-order valence-corrected chi connectivity index (χ2v) is 3.53. The number of pyridine rings is 1. The molecule has 1 nitrogen and oxygen atoms in total. The topological polar surface area (TPSA) is 12.9 Å². The molecule has 0 radical (unpaired) electrons. The van der Waals surface area contributed by atoms with Crippen LogP contribution in [0.5, 0.6) is 0 Å². The SMILES string of the molecule is C#Cc1csc2cncc(C)c12. The molecule has 2 heteroatoms. The number of nitrogens with zero attached hydrogens (tertiary/aromatic N) is 1. The minimum atomic E-state index is 0.981. The van der Waals surface area contributed by atoms with E-state index in [2.05, 4.69) is 10.9 Å². The summed E-state index contributed by atoms with van der Waals surface area (Å²) in [5, 5.41) is 3.18. The molecular formula is C10H7NS. The number of aryl methyl sites for hydroxylation is 1. The quantitative estimate of drug-likeness (QED) is 0.558. The molecule has 2 heterocycles. The summed E-state index contributed by atoms with van der Waals surface area (Å²) in [5.74, 6) is 2.67. The van der Waals surface area contributed by atoms with Gasteiger partial charge in [0.05, 0.1) is 4.70 Å². The van der Waals surface area contributed by atoms with E-state index in [4.69, 9.17) is 6.42 Å². The van der Waals surface area contributed by atoms with Crippen molar-refractivity contribution in [1.29, 1.82) is 0 Å². The van der Waals surface area contributed by atoms with E-state index in [9.17, 15) is 0 Å². The molecule has 0 saturated carbocycles. The third-order valence-electron chi connectivity index (χ3n) is 1.83. The molecule has 0 aromatic carbocycles. The Hall–Kier alpha value is -1.33. The maximum Gasteiger partial charge on any atom is 0.0541 e. The summed E-state index contributed by atoms with van der Waals surface area (Å²) >= 11 is 1.65. The van der Waals surface area contributed by atoms with Gasteiger partial charge >= 0.3 is 0 Å². The van der Waals surface area contributed by atoms with Crippen LogP contribution >= 0.6 is 11.3 Å². The fourth-order valence-corrected chi connectivity index (χ4v) is 2.20. The van der Waals surface area contributed by atoms with E-state index in [1.54, 1.807) is 11.3 Å². The molecule has 12 heavy (non-hydrogen) atoms. The van der Waals surface area contributed by atoms with E-state index < -0.39 is 0 Å². The highest BCUT2D eigenvalue weighted by molar-refractivity contribution is 7.17. The first kappa shape index (κ1) is 7.33. The minimum Gasteiger partial charge on any atom is -0.263 e. The summed E-state index contributed by atoms with van der Waals surface area (Å²) in [6.45, 7) is 2.03. The van der Waals surface area contributed by atoms with Gasteiger partial charge < -0.3 is 0 Å². The van der Waals surface area contributed by atoms with E-state index >= 15 is 0 Å². The summed E-state index contributed by atoms with van der Waals surface area (Å²) in [6, 6.07) is 0. The van der Waals surface area contributed by atoms with Crippen LogP contribution in [0.1, 0.15) is 11.1 Å². The predicted octanol–water partition coefficient (Wildman–Crippen LogP) is 2.59. The third-order valence-corrected chi connectivity index (χ3v) is 2.75. The number of hydrogen-bond acceptors (Lipinski definition) is 2. The van der Waals surface area contributed by atoms with Crippen LogP contribution in [0.25, 0.3) is 10.1 Å². The van der Waals surface area contributed by atoms with Crippen molar-refractivity contribution in [2.45, 2.75) is 6.92 Å². The highest BCUT2D eigenvalue weighted by Gasteiger charge is 2.03. The average molecular weight is 173 g/mol. The van der Waals surface area contributed by atoms with E-state index in [1.165, 1.54) is 10.1 Å². The van der Waals surface area contributed by atoms with Crippen LogP contribution in [0.2, 0.25) is 0 Å². The fourth-order valence-electron chi connectivity index (χ4n) is 1.26. The van der Waals surface area contributed by atoms with Gasteiger partial charge in [-0.2, -0.15) is 0 Å². The lowest BCUT2D eigenvalue weighted by Gasteiger charge is -1.94. The van der Waals surface area contributed by atoms with Crippen LogP contribution in [0.3, 0.4) is 0 Å². The smallest absolute Gasteiger partial charge is 0.0541 e. The van der Waals surface area contributed by atoms with E-state index in [1.807, 2.05) is 24.7 Å². The summed E-state index contributed by atoms with van der Waals surface area (Å²) in [6.07, 6.45) is 9.06. The van der Waals surface area contributed by atoms with Gasteiger partial charge in [0.25, 0.3) is 0 Å². The molecule has 2 aromatic rings. The summed E-state index contributed by atoms with van der Waals surface area (Å²) < 4.78 is 1.17. The lowest BCUT2D eigenvalue weighted by molar-refractivity contribution is 1.32. The zero-order chi connectivity index (χ0) is 8.55. The lowest BCUT2D eigenvalue weighted by Crippen LogP contribution is -1.78. The number of fused-ring (bicyclic) bond motifs is 1. The zero-order valence-electron chi connectivity index (χ0n) is 6.66. The van der Waals surface area contributed by atoms with Gasteiger partial charge in [0, 0.05) is 28.7 Å². The molecule has 0 aliphatic heterocycles. The molecule has 0 saturated heterocycles. The van der Waals surface area contributed by atoms with Crippen molar-refractivity contribution in [2.24, 2.45) is 0 Å². The van der Waals surface area contributed by atoms with Gasteiger partial charge in [0.2, 0.25) is 0 Å². The molecule has 0 N–H and O–H groups in total. The Morgan fingerprint density at radius 2 is 2.33 bits per heavy atom. The Kier molecular flexibility index (Phi) is 1.60. The molecule has 2 rings (SSSR count). The Balaban J connectivity index is 2.95. The second kappa shape index (κ2) is 2.62. The van der Waals surface area contributed by atoms with Gasteiger partial charge in [0.15, 0.2) is 0 Å². The largest absolute Gasteiger partial charge is 0.263 e. The van der Waals surface area contributed by atoms with Gasteiger partial charge in [0.1, 0.15) is 0 Å². The first-order chi connectivity index (χ1) is 5.83. The number of hydrogen-bond donors (Lipinski definition) is 0. The van der Waals surface area contributed by atoms with Crippen molar-refractivity contribution < 1.29 is 0 Å². The fraction of sp³-hybridized carbons (Fsp3) is 0.100. The Morgan fingerprint density at radius 1 is 1.50 bits per heavy atom. The van der Waals surface area contributed by atoms with Crippen molar-refractivity contribution in [2.75, 3.05) is 0 Å². The first-order valence-electron chi connectivity index (χ1n) is 3.61. The highest BCUT2D eigenvalue weighted by Crippen LogP contribution is 2.26. The Labute approximate surface area is 75.1 Å². The van der Waals surface area contributed by atoms with Crippen LogP contribution in [0.4, 0.5) is 0 Å². The van der Waals surface area contributed by atoms with E-state index in [-0.39, 0.29) is 0 Å². The normalized spacial score (nSPS) is 10.0. The first-order valence-corrected chi connectivity index (χ1v) is 4.49. The average Bonchev–Trinajstić information content (AvgIpc) is 2.49. The number of aromatic nitrogens is 1. The Morgan fingerprint density at radius 3 is 3.08 bits per heavy atom. The predicted molar refractivity (Wildman–Crippen MR) is 52.3 cm³/mol. The molecule has 0 unspecified atom stereocenters. The summed E-state index contributed by atoms with van der Waals surface area (Å²) in [4.78, 5) is 4.10. The number of terminal acetylenes is 1. The van der Waals surface area contributed by atoms with Gasteiger partial charge in [-0.25, -0.2) is 0 Å². The van der Waals surface area contributed by atoms with Gasteiger partial charge in [-0.1, -0.05) is 5.92 Å². The molecule has 2 aromatic heterocycles. The lowest BCUT2D eigenvalue weighted by atomic mass is 10.1. The van der Waals surface area contributed by atoms with Crippen LogP contribution < -0.4 is 0 Å². The van der Waals surface area contributed by atoms with Crippen LogP contribution in [-0.4, -0.2) is 4.98 Å². The monoisotopic (exact) mass is 173 g/mol. The van der Waals surface area contributed by atoms with Crippen molar-refractivity contribution in [3.05, 3.63) is 28.9 Å². The molecule has 0 aliphatic carbocycles. The molecule has 0 spiro atoms. The molecule has 0 fully saturated rings. The van der Waals surface area contributed by atoms with Crippen molar-refractivity contribution >= 4 is 21.4 Å². The molecule has 58 valence electrons. The maximum atomic E-state index is 5.37. The molecular weight excluding hydrogens is 166 g/mol. The molecule has 0 bridgehead atoms. The van der Waals surface area contributed by atoms with E-state index in [0.29, 0.717) is 0 Å². The molecule has 0 aliphatic rings. The second-order valence-electron chi connectivity index (χ2n) is 2.62. The van der Waals surface area contributed by atoms with Gasteiger partial charge in [-0.15, -0.1) is 17.8 Å². The Bertz CT molecular complexity index is 462. The van der Waals surface area contributed by atoms with Crippen LogP contribution in [0, 0.1) is 19.3 Å². The minimum absolute atomic E-state index is 0.981. The van der Waals surface area contributed by atoms with Crippen LogP contribution in [0.15, 0.2) is 17.8 Å². The van der Waals surface area contributed by atoms with Crippen LogP contribution in [-0.2, 0) is 0 Å². The van der Waals surface area contributed by atoms with Crippen molar-refractivity contribution in [3.8, 4) is 12.3 Å². The van der Waals surface area contributed by atoms with Crippen molar-refractivity contribution in [3.63, 3.8) is 0 Å².